The normalized spacial score (nSPS) is 19.9. The molecule has 3 heterocycles. The van der Waals surface area contributed by atoms with Gasteiger partial charge in [0.25, 0.3) is 18.2 Å². The maximum Gasteiger partial charge on any atom is 0.281 e. The second-order valence-electron chi connectivity index (χ2n) is 8.24. The van der Waals surface area contributed by atoms with E-state index in [1.807, 2.05) is 0 Å². The Morgan fingerprint density at radius 1 is 1.46 bits per heavy atom. The summed E-state index contributed by atoms with van der Waals surface area (Å²) in [7, 11) is 1.36. The van der Waals surface area contributed by atoms with Gasteiger partial charge in [-0.15, -0.1) is 0 Å². The number of dihydropyridines is 1. The summed E-state index contributed by atoms with van der Waals surface area (Å²) in [5.41, 5.74) is 6.21. The largest absolute Gasteiger partial charge is 0.495 e. The first-order valence-corrected chi connectivity index (χ1v) is 12.1. The predicted molar refractivity (Wildman–Crippen MR) is 135 cm³/mol. The number of hydrogen-bond acceptors (Lipinski definition) is 8. The molecule has 0 radical (unpaired) electrons. The average molecular weight is 531 g/mol. The van der Waals surface area contributed by atoms with E-state index in [2.05, 4.69) is 27.1 Å². The number of alkyl halides is 2. The summed E-state index contributed by atoms with van der Waals surface area (Å²) >= 11 is 0.739. The van der Waals surface area contributed by atoms with E-state index in [1.165, 1.54) is 36.5 Å². The fourth-order valence-corrected chi connectivity index (χ4v) is 4.00. The number of nitrogens with two attached hydrogens (primary N) is 1. The lowest BCUT2D eigenvalue weighted by molar-refractivity contribution is -0.125. The zero-order valence-electron chi connectivity index (χ0n) is 19.8. The molecule has 1 unspecified atom stereocenters. The molecule has 0 bridgehead atoms. The number of rotatable bonds is 5. The van der Waals surface area contributed by atoms with Crippen LogP contribution in [0.15, 0.2) is 35.3 Å². The Labute approximate surface area is 215 Å². The van der Waals surface area contributed by atoms with Gasteiger partial charge in [-0.25, -0.2) is 13.8 Å². The van der Waals surface area contributed by atoms with Gasteiger partial charge in [-0.05, 0) is 42.7 Å². The molecule has 3 aliphatic rings. The quantitative estimate of drug-likeness (QED) is 0.299. The van der Waals surface area contributed by atoms with E-state index in [1.54, 1.807) is 0 Å². The van der Waals surface area contributed by atoms with E-state index in [-0.39, 0.29) is 57.5 Å². The zero-order chi connectivity index (χ0) is 26.5. The van der Waals surface area contributed by atoms with Crippen LogP contribution in [0.25, 0.3) is 5.57 Å². The maximum absolute atomic E-state index is 13.5. The van der Waals surface area contributed by atoms with Crippen molar-refractivity contribution in [1.82, 2.24) is 10.3 Å². The Morgan fingerprint density at radius 2 is 2.24 bits per heavy atom. The van der Waals surface area contributed by atoms with Crippen molar-refractivity contribution in [3.63, 3.8) is 0 Å². The number of amidine groups is 1. The number of nitrogens with zero attached hydrogens (tertiary/aromatic N) is 3. The number of pyridine rings is 1. The number of methoxy groups -OCH3 is 1. The van der Waals surface area contributed by atoms with Gasteiger partial charge in [0.15, 0.2) is 5.17 Å². The molecule has 4 N–H and O–H groups in total. The number of aliphatic imine (C=N–C) groups is 1. The summed E-state index contributed by atoms with van der Waals surface area (Å²) in [6.07, 6.45) is 3.01. The van der Waals surface area contributed by atoms with Gasteiger partial charge in [-0.2, -0.15) is 4.99 Å². The first-order chi connectivity index (χ1) is 17.8. The predicted octanol–water partition coefficient (Wildman–Crippen LogP) is 2.13. The number of hydrogen-bond donors (Lipinski definition) is 3. The molecule has 1 aliphatic carbocycles. The first-order valence-electron chi connectivity index (χ1n) is 11.3. The van der Waals surface area contributed by atoms with Crippen LogP contribution >= 0.6 is 11.8 Å². The molecule has 1 saturated heterocycles. The minimum atomic E-state index is -2.74. The highest BCUT2D eigenvalue weighted by Crippen LogP contribution is 2.33. The fourth-order valence-electron chi connectivity index (χ4n) is 3.55. The van der Waals surface area contributed by atoms with Gasteiger partial charge < -0.3 is 20.5 Å². The van der Waals surface area contributed by atoms with Gasteiger partial charge >= 0.3 is 0 Å². The number of thioether (sulfide) groups is 1. The number of amides is 2. The van der Waals surface area contributed by atoms with Crippen LogP contribution in [0.3, 0.4) is 0 Å². The minimum Gasteiger partial charge on any atom is -0.495 e. The molecule has 2 aliphatic heterocycles. The van der Waals surface area contributed by atoms with Gasteiger partial charge in [-0.1, -0.05) is 5.92 Å². The van der Waals surface area contributed by atoms with Gasteiger partial charge in [0.05, 0.1) is 25.8 Å². The van der Waals surface area contributed by atoms with E-state index < -0.39 is 18.4 Å². The third-order valence-electron chi connectivity index (χ3n) is 5.57. The van der Waals surface area contributed by atoms with Crippen molar-refractivity contribution < 1.29 is 27.8 Å². The summed E-state index contributed by atoms with van der Waals surface area (Å²) in [4.78, 5) is 35.0. The van der Waals surface area contributed by atoms with Crippen LogP contribution < -0.4 is 16.0 Å². The standard InChI is InChI=1S/C24H24F2N6O4S/c1-35-18-11-29-17(22(25)26)8-15(18)14-9-20(32-6-7-36-12-21(32)33)30-10-16(14)23(34)31-24(28)37-19(27)5-4-13-2-3-13/h8-11,13,17,22,27,29H,2-3,6-7,12H2,1H3,(H2,28,31,34). The van der Waals surface area contributed by atoms with Crippen molar-refractivity contribution >= 4 is 45.2 Å². The fraction of sp³-hybridized carbons (Fsp3) is 0.375. The highest BCUT2D eigenvalue weighted by molar-refractivity contribution is 8.26. The van der Waals surface area contributed by atoms with Crippen molar-refractivity contribution in [2.45, 2.75) is 25.3 Å². The SMILES string of the molecule is COC1=CNC(C(F)F)C=C1c1cc(N2CCOCC2=O)ncc1C(=O)N=C(N)SC(=N)C#CC1CC1. The summed E-state index contributed by atoms with van der Waals surface area (Å²) in [5.74, 6) is 5.17. The molecule has 37 heavy (non-hydrogen) atoms. The molecule has 2 fully saturated rings. The van der Waals surface area contributed by atoms with Gasteiger partial charge in [0, 0.05) is 29.5 Å². The minimum absolute atomic E-state index is 0.0484. The number of aromatic nitrogens is 1. The summed E-state index contributed by atoms with van der Waals surface area (Å²) < 4.78 is 37.6. The number of anilines is 1. The van der Waals surface area contributed by atoms with Crippen LogP contribution in [-0.4, -0.2) is 66.3 Å². The van der Waals surface area contributed by atoms with Crippen molar-refractivity contribution in [1.29, 1.82) is 5.41 Å². The topological polar surface area (TPSA) is 143 Å². The van der Waals surface area contributed by atoms with E-state index in [0.29, 0.717) is 12.5 Å². The van der Waals surface area contributed by atoms with E-state index in [9.17, 15) is 18.4 Å². The molecule has 1 saturated carbocycles. The lowest BCUT2D eigenvalue weighted by Crippen LogP contribution is -2.42. The Bertz CT molecular complexity index is 1270. The number of carbonyl (C=O) groups is 2. The molecule has 0 aromatic carbocycles. The molecular weight excluding hydrogens is 506 g/mol. The van der Waals surface area contributed by atoms with Crippen LogP contribution in [-0.2, 0) is 14.3 Å². The number of carbonyl (C=O) groups excluding carboxylic acids is 2. The Balaban J connectivity index is 1.71. The Kier molecular flexibility index (Phi) is 8.20. The smallest absolute Gasteiger partial charge is 0.281 e. The second kappa shape index (κ2) is 11.5. The Morgan fingerprint density at radius 3 is 2.92 bits per heavy atom. The maximum atomic E-state index is 13.5. The molecule has 1 atom stereocenters. The monoisotopic (exact) mass is 530 g/mol. The molecule has 2 amide bonds. The molecule has 4 rings (SSSR count). The molecule has 1 aromatic heterocycles. The lowest BCUT2D eigenvalue weighted by Gasteiger charge is -2.27. The zero-order valence-corrected chi connectivity index (χ0v) is 20.6. The number of nitrogens with one attached hydrogen (secondary N) is 2. The molecule has 194 valence electrons. The summed E-state index contributed by atoms with van der Waals surface area (Å²) in [6.45, 7) is 0.395. The lowest BCUT2D eigenvalue weighted by atomic mass is 9.95. The number of ether oxygens (including phenoxy) is 2. The number of halogens is 2. The van der Waals surface area contributed by atoms with Crippen LogP contribution in [0.4, 0.5) is 14.6 Å². The highest BCUT2D eigenvalue weighted by Gasteiger charge is 2.29. The number of allylic oxidation sites excluding steroid dienone is 1. The van der Waals surface area contributed by atoms with Crippen molar-refractivity contribution in [2.75, 3.05) is 31.8 Å². The average Bonchev–Trinajstić information content (AvgIpc) is 3.71. The van der Waals surface area contributed by atoms with Gasteiger partial charge in [0.2, 0.25) is 0 Å². The summed E-state index contributed by atoms with van der Waals surface area (Å²) in [5, 5.41) is 10.2. The van der Waals surface area contributed by atoms with Gasteiger partial charge in [0.1, 0.15) is 29.3 Å². The van der Waals surface area contributed by atoms with Gasteiger partial charge in [-0.3, -0.25) is 19.9 Å². The third kappa shape index (κ3) is 6.52. The highest BCUT2D eigenvalue weighted by atomic mass is 32.2. The molecule has 13 heteroatoms. The van der Waals surface area contributed by atoms with E-state index in [4.69, 9.17) is 20.6 Å². The third-order valence-corrected chi connectivity index (χ3v) is 6.17. The molecule has 1 aromatic rings. The van der Waals surface area contributed by atoms with Crippen LogP contribution in [0.5, 0.6) is 0 Å². The first kappa shape index (κ1) is 26.3. The van der Waals surface area contributed by atoms with Crippen molar-refractivity contribution in [3.8, 4) is 11.8 Å². The molecule has 10 nitrogen and oxygen atoms in total. The molecular formula is C24H24F2N6O4S. The second-order valence-corrected chi connectivity index (χ2v) is 9.27. The number of morpholine rings is 1. The van der Waals surface area contributed by atoms with Crippen molar-refractivity contribution in [2.24, 2.45) is 16.6 Å². The Hall–Kier alpha value is -3.76. The van der Waals surface area contributed by atoms with E-state index >= 15 is 0 Å². The van der Waals surface area contributed by atoms with Crippen LogP contribution in [0.1, 0.15) is 28.8 Å². The van der Waals surface area contributed by atoms with Crippen LogP contribution in [0, 0.1) is 23.2 Å². The van der Waals surface area contributed by atoms with E-state index in [0.717, 1.165) is 24.6 Å². The summed E-state index contributed by atoms with van der Waals surface area (Å²) in [6, 6.07) is 0.110. The van der Waals surface area contributed by atoms with Crippen LogP contribution in [0.2, 0.25) is 0 Å². The van der Waals surface area contributed by atoms with Crippen molar-refractivity contribution in [3.05, 3.63) is 41.4 Å². The molecule has 0 spiro atoms.